The minimum absolute atomic E-state index is 0.0218. The molecule has 0 amide bonds. The van der Waals surface area contributed by atoms with E-state index in [1.54, 1.807) is 6.20 Å². The summed E-state index contributed by atoms with van der Waals surface area (Å²) in [5.41, 5.74) is 7.67. The summed E-state index contributed by atoms with van der Waals surface area (Å²) in [5, 5.41) is 15.3. The first kappa shape index (κ1) is 16.6. The lowest BCUT2D eigenvalue weighted by Crippen LogP contribution is -1.94. The molecule has 0 aliphatic rings. The van der Waals surface area contributed by atoms with Gasteiger partial charge in [0.1, 0.15) is 5.69 Å². The van der Waals surface area contributed by atoms with Gasteiger partial charge in [0.25, 0.3) is 0 Å². The molecular weight excluding hydrogens is 350 g/mol. The van der Waals surface area contributed by atoms with E-state index in [9.17, 15) is 5.11 Å². The Morgan fingerprint density at radius 1 is 1.11 bits per heavy atom. The van der Waals surface area contributed by atoms with Crippen LogP contribution >= 0.6 is 0 Å². The van der Waals surface area contributed by atoms with Gasteiger partial charge in [-0.05, 0) is 47.9 Å². The largest absolute Gasteiger partial charge is 0.392 e. The van der Waals surface area contributed by atoms with Gasteiger partial charge < -0.3 is 10.1 Å². The first-order valence-electron chi connectivity index (χ1n) is 9.12. The summed E-state index contributed by atoms with van der Waals surface area (Å²) in [6.45, 7) is 1.99. The zero-order valence-electron chi connectivity index (χ0n) is 15.6. The predicted octanol–water partition coefficient (Wildman–Crippen LogP) is 3.98. The van der Waals surface area contributed by atoms with Crippen molar-refractivity contribution in [3.63, 3.8) is 0 Å². The van der Waals surface area contributed by atoms with E-state index in [2.05, 4.69) is 28.2 Å². The topological polar surface area (TPSA) is 79.6 Å². The fourth-order valence-corrected chi connectivity index (χ4v) is 3.69. The molecule has 6 nitrogen and oxygen atoms in total. The minimum Gasteiger partial charge on any atom is -0.392 e. The van der Waals surface area contributed by atoms with Crippen molar-refractivity contribution in [2.45, 2.75) is 13.5 Å². The summed E-state index contributed by atoms with van der Waals surface area (Å²) >= 11 is 0. The number of imidazole rings is 1. The second kappa shape index (κ2) is 6.28. The first-order chi connectivity index (χ1) is 13.7. The van der Waals surface area contributed by atoms with Gasteiger partial charge in [0.2, 0.25) is 0 Å². The smallest absolute Gasteiger partial charge is 0.159 e. The van der Waals surface area contributed by atoms with Crippen LogP contribution in [0, 0.1) is 6.92 Å². The molecule has 6 heteroatoms. The highest BCUT2D eigenvalue weighted by atomic mass is 16.3. The number of aryl methyl sites for hydroxylation is 1. The van der Waals surface area contributed by atoms with E-state index < -0.39 is 0 Å². The van der Waals surface area contributed by atoms with E-state index in [0.29, 0.717) is 0 Å². The minimum atomic E-state index is -0.0218. The van der Waals surface area contributed by atoms with Gasteiger partial charge in [0, 0.05) is 30.4 Å². The summed E-state index contributed by atoms with van der Waals surface area (Å²) in [6.07, 6.45) is 3.55. The Morgan fingerprint density at radius 3 is 2.79 bits per heavy atom. The molecule has 0 unspecified atom stereocenters. The summed E-state index contributed by atoms with van der Waals surface area (Å²) in [5.74, 6) is 0.753. The molecule has 0 saturated heterocycles. The van der Waals surface area contributed by atoms with Crippen LogP contribution in [0.25, 0.3) is 44.6 Å². The Kier molecular flexibility index (Phi) is 3.74. The number of aliphatic hydroxyl groups is 1. The normalized spacial score (nSPS) is 11.5. The third-order valence-electron chi connectivity index (χ3n) is 5.27. The molecule has 3 heterocycles. The van der Waals surface area contributed by atoms with Crippen LogP contribution in [0.3, 0.4) is 0 Å². The third-order valence-corrected chi connectivity index (χ3v) is 5.27. The summed E-state index contributed by atoms with van der Waals surface area (Å²) in [6, 6.07) is 14.2. The van der Waals surface area contributed by atoms with E-state index in [0.717, 1.165) is 55.7 Å². The molecule has 0 aliphatic heterocycles. The summed E-state index contributed by atoms with van der Waals surface area (Å²) in [4.78, 5) is 12.4. The van der Waals surface area contributed by atoms with E-state index in [-0.39, 0.29) is 6.61 Å². The maximum absolute atomic E-state index is 9.56. The zero-order valence-corrected chi connectivity index (χ0v) is 15.6. The molecular formula is C22H19N5O. The number of benzene rings is 2. The molecule has 0 fully saturated rings. The van der Waals surface area contributed by atoms with Crippen LogP contribution in [0.4, 0.5) is 0 Å². The van der Waals surface area contributed by atoms with Gasteiger partial charge in [-0.15, -0.1) is 0 Å². The molecule has 0 spiro atoms. The van der Waals surface area contributed by atoms with Crippen molar-refractivity contribution in [2.75, 3.05) is 0 Å². The fraction of sp³-hybridized carbons (Fsp3) is 0.136. The van der Waals surface area contributed by atoms with Crippen molar-refractivity contribution in [1.29, 1.82) is 0 Å². The Hall–Kier alpha value is -3.51. The van der Waals surface area contributed by atoms with E-state index in [1.165, 1.54) is 0 Å². The monoisotopic (exact) mass is 369 g/mol. The highest BCUT2D eigenvalue weighted by Gasteiger charge is 2.16. The lowest BCUT2D eigenvalue weighted by Gasteiger charge is -2.09. The number of H-pyrrole nitrogens is 1. The van der Waals surface area contributed by atoms with Gasteiger partial charge in [0.15, 0.2) is 5.82 Å². The van der Waals surface area contributed by atoms with Crippen LogP contribution < -0.4 is 0 Å². The molecule has 3 aromatic heterocycles. The lowest BCUT2D eigenvalue weighted by atomic mass is 9.98. The molecule has 5 rings (SSSR count). The number of fused-ring (bicyclic) bond motifs is 2. The Balaban J connectivity index is 1.73. The lowest BCUT2D eigenvalue weighted by molar-refractivity contribution is 0.280. The Labute approximate surface area is 161 Å². The number of nitrogens with zero attached hydrogens (tertiary/aromatic N) is 4. The predicted molar refractivity (Wildman–Crippen MR) is 110 cm³/mol. The summed E-state index contributed by atoms with van der Waals surface area (Å²) in [7, 11) is 1.94. The van der Waals surface area contributed by atoms with Gasteiger partial charge in [0.05, 0.1) is 23.2 Å². The standard InChI is InChI=1S/C22H19N5O/c1-13-15(12-28)10-23-11-17(13)14-7-8-20-16(9-14)21(26-27(20)2)22-24-18-5-3-4-6-19(18)25-22/h3-11,28H,12H2,1-2H3,(H,24,25). The fourth-order valence-electron chi connectivity index (χ4n) is 3.69. The van der Waals surface area contributed by atoms with Gasteiger partial charge in [-0.2, -0.15) is 5.10 Å². The van der Waals surface area contributed by atoms with Gasteiger partial charge in [-0.1, -0.05) is 18.2 Å². The number of aliphatic hydroxyl groups excluding tert-OH is 1. The number of hydrogen-bond acceptors (Lipinski definition) is 4. The third kappa shape index (κ3) is 2.50. The molecule has 0 aliphatic carbocycles. The average molecular weight is 369 g/mol. The number of para-hydroxylation sites is 2. The van der Waals surface area contributed by atoms with Crippen molar-refractivity contribution in [1.82, 2.24) is 24.7 Å². The molecule has 0 atom stereocenters. The Bertz CT molecular complexity index is 1300. The average Bonchev–Trinajstić information content (AvgIpc) is 3.29. The molecule has 0 radical (unpaired) electrons. The number of pyridine rings is 1. The quantitative estimate of drug-likeness (QED) is 0.504. The molecule has 138 valence electrons. The number of aromatic nitrogens is 5. The summed E-state index contributed by atoms with van der Waals surface area (Å²) < 4.78 is 1.87. The maximum Gasteiger partial charge on any atom is 0.159 e. The van der Waals surface area contributed by atoms with E-state index in [1.807, 2.05) is 49.1 Å². The second-order valence-corrected chi connectivity index (χ2v) is 6.94. The second-order valence-electron chi connectivity index (χ2n) is 6.94. The van der Waals surface area contributed by atoms with Crippen LogP contribution in [0.1, 0.15) is 11.1 Å². The van der Waals surface area contributed by atoms with Crippen molar-refractivity contribution >= 4 is 21.9 Å². The molecule has 2 aromatic carbocycles. The SMILES string of the molecule is Cc1c(CO)cncc1-c1ccc2c(c1)c(-c1nc3ccccc3[nH]1)nn2C. The van der Waals surface area contributed by atoms with Gasteiger partial charge in [-0.3, -0.25) is 9.67 Å². The maximum atomic E-state index is 9.56. The van der Waals surface area contributed by atoms with Crippen LogP contribution in [-0.4, -0.2) is 29.8 Å². The van der Waals surface area contributed by atoms with Crippen molar-refractivity contribution < 1.29 is 5.11 Å². The molecule has 0 bridgehead atoms. The first-order valence-corrected chi connectivity index (χ1v) is 9.12. The van der Waals surface area contributed by atoms with Crippen LogP contribution in [-0.2, 0) is 13.7 Å². The van der Waals surface area contributed by atoms with Crippen molar-refractivity contribution in [3.05, 3.63) is 66.0 Å². The van der Waals surface area contributed by atoms with Crippen LogP contribution in [0.15, 0.2) is 54.9 Å². The van der Waals surface area contributed by atoms with Crippen molar-refractivity contribution in [2.24, 2.45) is 7.05 Å². The van der Waals surface area contributed by atoms with E-state index >= 15 is 0 Å². The van der Waals surface area contributed by atoms with Gasteiger partial charge in [-0.25, -0.2) is 4.98 Å². The molecule has 5 aromatic rings. The number of aromatic amines is 1. The van der Waals surface area contributed by atoms with Crippen LogP contribution in [0.2, 0.25) is 0 Å². The number of nitrogens with one attached hydrogen (secondary N) is 1. The molecule has 0 saturated carbocycles. The Morgan fingerprint density at radius 2 is 1.96 bits per heavy atom. The number of hydrogen-bond donors (Lipinski definition) is 2. The van der Waals surface area contributed by atoms with Crippen molar-refractivity contribution in [3.8, 4) is 22.6 Å². The highest BCUT2D eigenvalue weighted by Crippen LogP contribution is 2.32. The zero-order chi connectivity index (χ0) is 19.3. The highest BCUT2D eigenvalue weighted by molar-refractivity contribution is 5.96. The molecule has 2 N–H and O–H groups in total. The van der Waals surface area contributed by atoms with Gasteiger partial charge >= 0.3 is 0 Å². The molecule has 28 heavy (non-hydrogen) atoms. The van der Waals surface area contributed by atoms with Crippen LogP contribution in [0.5, 0.6) is 0 Å². The van der Waals surface area contributed by atoms with E-state index in [4.69, 9.17) is 10.1 Å². The number of rotatable bonds is 3.